The van der Waals surface area contributed by atoms with Crippen molar-refractivity contribution in [2.24, 2.45) is 17.8 Å². The highest BCUT2D eigenvalue weighted by atomic mass is 16.4. The summed E-state index contributed by atoms with van der Waals surface area (Å²) in [7, 11) is 0. The molecule has 2 aliphatic rings. The van der Waals surface area contributed by atoms with Crippen LogP contribution >= 0.6 is 0 Å². The highest BCUT2D eigenvalue weighted by Crippen LogP contribution is 2.48. The highest BCUT2D eigenvalue weighted by molar-refractivity contribution is 6.22. The van der Waals surface area contributed by atoms with E-state index in [4.69, 9.17) is 4.42 Å². The SMILES string of the molecule is CCC1=C([C@H](O)CC/C(=C/c2ccc(CO)o2)c2ccccc2)[C@H](CO)[C@@H]2C(=O)N(c3ccccc3)C(=O)[C@@H]2C1. The minimum atomic E-state index is -0.890. The Morgan fingerprint density at radius 1 is 1.00 bits per heavy atom. The molecule has 0 saturated carbocycles. The van der Waals surface area contributed by atoms with E-state index in [1.54, 1.807) is 36.4 Å². The van der Waals surface area contributed by atoms with E-state index >= 15 is 0 Å². The third-order valence-electron chi connectivity index (χ3n) is 8.17. The zero-order chi connectivity index (χ0) is 28.2. The van der Waals surface area contributed by atoms with Gasteiger partial charge in [0.05, 0.1) is 30.2 Å². The van der Waals surface area contributed by atoms with Gasteiger partial charge in [0, 0.05) is 5.92 Å². The van der Waals surface area contributed by atoms with E-state index in [9.17, 15) is 24.9 Å². The third kappa shape index (κ3) is 5.32. The fourth-order valence-electron chi connectivity index (χ4n) is 6.26. The molecule has 1 aromatic heterocycles. The Morgan fingerprint density at radius 2 is 1.70 bits per heavy atom. The number of imide groups is 1. The number of nitrogens with zero attached hydrogens (tertiary/aromatic N) is 1. The molecule has 1 saturated heterocycles. The van der Waals surface area contributed by atoms with E-state index in [0.29, 0.717) is 48.5 Å². The molecule has 7 heteroatoms. The smallest absolute Gasteiger partial charge is 0.238 e. The van der Waals surface area contributed by atoms with Gasteiger partial charge in [-0.15, -0.1) is 0 Å². The Labute approximate surface area is 234 Å². The van der Waals surface area contributed by atoms with E-state index in [0.717, 1.165) is 16.7 Å². The van der Waals surface area contributed by atoms with Crippen LogP contribution in [-0.2, 0) is 16.2 Å². The lowest BCUT2D eigenvalue weighted by Crippen LogP contribution is -2.39. The van der Waals surface area contributed by atoms with Crippen LogP contribution in [0.2, 0.25) is 0 Å². The second-order valence-electron chi connectivity index (χ2n) is 10.4. The van der Waals surface area contributed by atoms with Gasteiger partial charge in [-0.3, -0.25) is 14.5 Å². The quantitative estimate of drug-likeness (QED) is 0.247. The highest BCUT2D eigenvalue weighted by Gasteiger charge is 2.55. The summed E-state index contributed by atoms with van der Waals surface area (Å²) in [5, 5.41) is 31.5. The van der Waals surface area contributed by atoms with Crippen molar-refractivity contribution >= 4 is 29.2 Å². The predicted molar refractivity (Wildman–Crippen MR) is 153 cm³/mol. The van der Waals surface area contributed by atoms with Crippen molar-refractivity contribution in [2.75, 3.05) is 11.5 Å². The summed E-state index contributed by atoms with van der Waals surface area (Å²) in [6.07, 6.45) is 2.92. The van der Waals surface area contributed by atoms with Crippen molar-refractivity contribution in [1.29, 1.82) is 0 Å². The Bertz CT molecular complexity index is 1410. The number of aliphatic hydroxyl groups is 3. The average Bonchev–Trinajstić information content (AvgIpc) is 3.56. The van der Waals surface area contributed by atoms with E-state index in [1.807, 2.05) is 49.4 Å². The second-order valence-corrected chi connectivity index (χ2v) is 10.4. The van der Waals surface area contributed by atoms with Gasteiger partial charge in [-0.2, -0.15) is 0 Å². The molecule has 5 rings (SSSR count). The zero-order valence-electron chi connectivity index (χ0n) is 22.6. The Hall–Kier alpha value is -3.78. The molecule has 1 fully saturated rings. The lowest BCUT2D eigenvalue weighted by molar-refractivity contribution is -0.123. The first-order valence-corrected chi connectivity index (χ1v) is 13.9. The van der Waals surface area contributed by atoms with Crippen LogP contribution in [0.3, 0.4) is 0 Å². The number of rotatable bonds is 10. The fraction of sp³-hybridized carbons (Fsp3) is 0.333. The van der Waals surface area contributed by atoms with Crippen molar-refractivity contribution in [2.45, 2.75) is 45.3 Å². The first kappa shape index (κ1) is 27.8. The Balaban J connectivity index is 1.42. The lowest BCUT2D eigenvalue weighted by Gasteiger charge is -2.36. The number of carbonyl (C=O) groups excluding carboxylic acids is 2. The number of hydrogen-bond donors (Lipinski definition) is 3. The van der Waals surface area contributed by atoms with Crippen molar-refractivity contribution in [3.05, 3.63) is 101 Å². The van der Waals surface area contributed by atoms with Gasteiger partial charge < -0.3 is 19.7 Å². The first-order valence-electron chi connectivity index (χ1n) is 13.9. The van der Waals surface area contributed by atoms with Crippen LogP contribution in [0.15, 0.2) is 88.4 Å². The molecule has 1 aliphatic heterocycles. The van der Waals surface area contributed by atoms with Crippen LogP contribution in [0, 0.1) is 17.8 Å². The molecule has 40 heavy (non-hydrogen) atoms. The van der Waals surface area contributed by atoms with Crippen molar-refractivity contribution in [3.8, 4) is 0 Å². The van der Waals surface area contributed by atoms with Gasteiger partial charge in [-0.25, -0.2) is 0 Å². The molecule has 2 heterocycles. The topological polar surface area (TPSA) is 111 Å². The first-order chi connectivity index (χ1) is 19.5. The number of furan rings is 1. The van der Waals surface area contributed by atoms with Crippen molar-refractivity contribution in [3.63, 3.8) is 0 Å². The summed E-state index contributed by atoms with van der Waals surface area (Å²) < 4.78 is 5.69. The molecule has 2 amide bonds. The normalized spacial score (nSPS) is 22.1. The summed E-state index contributed by atoms with van der Waals surface area (Å²) in [5.74, 6) is -1.36. The van der Waals surface area contributed by atoms with Crippen LogP contribution in [0.5, 0.6) is 0 Å². The fourth-order valence-corrected chi connectivity index (χ4v) is 6.26. The summed E-state index contributed by atoms with van der Waals surface area (Å²) >= 11 is 0. The van der Waals surface area contributed by atoms with Gasteiger partial charge in [0.2, 0.25) is 11.8 Å². The monoisotopic (exact) mass is 541 g/mol. The molecule has 208 valence electrons. The number of carbonyl (C=O) groups is 2. The zero-order valence-corrected chi connectivity index (χ0v) is 22.6. The molecule has 0 spiro atoms. The van der Waals surface area contributed by atoms with Crippen LogP contribution in [0.25, 0.3) is 11.6 Å². The molecule has 3 aromatic rings. The van der Waals surface area contributed by atoms with Crippen LogP contribution in [0.4, 0.5) is 5.69 Å². The van der Waals surface area contributed by atoms with E-state index in [1.165, 1.54) is 4.90 Å². The van der Waals surface area contributed by atoms with E-state index < -0.39 is 23.9 Å². The molecule has 7 nitrogen and oxygen atoms in total. The predicted octanol–water partition coefficient (Wildman–Crippen LogP) is 4.98. The van der Waals surface area contributed by atoms with Crippen molar-refractivity contribution in [1.82, 2.24) is 0 Å². The molecule has 4 atom stereocenters. The minimum absolute atomic E-state index is 0.186. The van der Waals surface area contributed by atoms with E-state index in [-0.39, 0.29) is 25.0 Å². The molecule has 1 aliphatic carbocycles. The largest absolute Gasteiger partial charge is 0.459 e. The number of fused-ring (bicyclic) bond motifs is 1. The van der Waals surface area contributed by atoms with Crippen LogP contribution in [-0.4, -0.2) is 39.8 Å². The molecular weight excluding hydrogens is 506 g/mol. The van der Waals surface area contributed by atoms with Crippen LogP contribution in [0.1, 0.15) is 49.7 Å². The standard InChI is InChI=1S/C33H35NO6/c1-2-21-18-27-31(33(39)34(32(27)38)24-11-7-4-8-12-24)28(20-36)30(21)29(37)16-13-23(22-9-5-3-6-10-22)17-25-14-15-26(19-35)40-25/h3-12,14-15,17,27-29,31,35-37H,2,13,16,18-20H2,1H3/b23-17-/t27-,28+,29-,31-/m1/s1. The Morgan fingerprint density at radius 3 is 2.33 bits per heavy atom. The minimum Gasteiger partial charge on any atom is -0.459 e. The third-order valence-corrected chi connectivity index (χ3v) is 8.17. The summed E-state index contributed by atoms with van der Waals surface area (Å²) in [5.41, 5.74) is 4.10. The van der Waals surface area contributed by atoms with Crippen molar-refractivity contribution < 1.29 is 29.3 Å². The Kier molecular flexibility index (Phi) is 8.45. The summed E-state index contributed by atoms with van der Waals surface area (Å²) in [6.45, 7) is 1.48. The number of benzene rings is 2. The van der Waals surface area contributed by atoms with Gasteiger partial charge in [0.25, 0.3) is 0 Å². The maximum Gasteiger partial charge on any atom is 0.238 e. The number of amides is 2. The number of allylic oxidation sites excluding steroid dienone is 2. The van der Waals surface area contributed by atoms with Gasteiger partial charge in [0.1, 0.15) is 18.1 Å². The molecule has 3 N–H and O–H groups in total. The van der Waals surface area contributed by atoms with Gasteiger partial charge >= 0.3 is 0 Å². The molecule has 2 aromatic carbocycles. The number of anilines is 1. The molecule has 0 bridgehead atoms. The molecular formula is C33H35NO6. The summed E-state index contributed by atoms with van der Waals surface area (Å²) in [6, 6.07) is 22.2. The van der Waals surface area contributed by atoms with E-state index in [2.05, 4.69) is 0 Å². The van der Waals surface area contributed by atoms with Gasteiger partial charge in [-0.05, 0) is 72.7 Å². The maximum atomic E-state index is 13.6. The summed E-state index contributed by atoms with van der Waals surface area (Å²) in [4.78, 5) is 28.3. The van der Waals surface area contributed by atoms with Gasteiger partial charge in [0.15, 0.2) is 0 Å². The average molecular weight is 542 g/mol. The maximum absolute atomic E-state index is 13.6. The molecule has 0 radical (unpaired) electrons. The number of aliphatic hydroxyl groups excluding tert-OH is 3. The second kappa shape index (κ2) is 12.2. The van der Waals surface area contributed by atoms with Gasteiger partial charge in [-0.1, -0.05) is 61.0 Å². The number of para-hydroxylation sites is 1. The lowest BCUT2D eigenvalue weighted by atomic mass is 9.67. The van der Waals surface area contributed by atoms with Crippen LogP contribution < -0.4 is 4.90 Å². The molecule has 0 unspecified atom stereocenters. The number of hydrogen-bond acceptors (Lipinski definition) is 6.